The van der Waals surface area contributed by atoms with Gasteiger partial charge in [0.1, 0.15) is 0 Å². The van der Waals surface area contributed by atoms with E-state index in [-0.39, 0.29) is 23.7 Å². The molecule has 1 atom stereocenters. The Morgan fingerprint density at radius 3 is 2.14 bits per heavy atom. The lowest BCUT2D eigenvalue weighted by molar-refractivity contribution is -0.118. The molecular formula is C24H30N2O2. The highest BCUT2D eigenvalue weighted by Gasteiger charge is 2.30. The van der Waals surface area contributed by atoms with Crippen molar-refractivity contribution in [3.63, 3.8) is 0 Å². The molecular weight excluding hydrogens is 348 g/mol. The maximum absolute atomic E-state index is 12.8. The summed E-state index contributed by atoms with van der Waals surface area (Å²) in [6.45, 7) is 8.24. The Kier molecular flexibility index (Phi) is 6.18. The van der Waals surface area contributed by atoms with Crippen LogP contribution in [0.15, 0.2) is 42.5 Å². The number of hydrogen-bond acceptors (Lipinski definition) is 2. The highest BCUT2D eigenvalue weighted by molar-refractivity contribution is 5.99. The lowest BCUT2D eigenvalue weighted by Crippen LogP contribution is -2.20. The molecule has 0 heterocycles. The number of anilines is 2. The molecule has 1 aliphatic carbocycles. The first-order valence-corrected chi connectivity index (χ1v) is 10.2. The number of amides is 2. The van der Waals surface area contributed by atoms with Gasteiger partial charge in [0.2, 0.25) is 11.8 Å². The molecule has 1 unspecified atom stereocenters. The van der Waals surface area contributed by atoms with Gasteiger partial charge in [0.25, 0.3) is 0 Å². The SMILES string of the molecule is Cc1c(NC(=O)C2CC2)cccc1NC(=O)C(C)c1ccc(CC(C)C)cc1. The number of rotatable bonds is 7. The summed E-state index contributed by atoms with van der Waals surface area (Å²) in [4.78, 5) is 24.8. The first-order chi connectivity index (χ1) is 13.3. The lowest BCUT2D eigenvalue weighted by Gasteiger charge is -2.17. The van der Waals surface area contributed by atoms with Gasteiger partial charge in [-0.25, -0.2) is 0 Å². The minimum Gasteiger partial charge on any atom is -0.326 e. The molecule has 1 saturated carbocycles. The van der Waals surface area contributed by atoms with Crippen molar-refractivity contribution in [2.24, 2.45) is 11.8 Å². The summed E-state index contributed by atoms with van der Waals surface area (Å²) in [6.07, 6.45) is 2.98. The summed E-state index contributed by atoms with van der Waals surface area (Å²) < 4.78 is 0. The van der Waals surface area contributed by atoms with Crippen LogP contribution in [-0.4, -0.2) is 11.8 Å². The van der Waals surface area contributed by atoms with Gasteiger partial charge in [0, 0.05) is 17.3 Å². The molecule has 2 N–H and O–H groups in total. The molecule has 4 nitrogen and oxygen atoms in total. The van der Waals surface area contributed by atoms with Crippen LogP contribution in [0.1, 0.15) is 56.2 Å². The second-order valence-corrected chi connectivity index (χ2v) is 8.29. The average Bonchev–Trinajstić information content (AvgIpc) is 3.50. The Balaban J connectivity index is 1.67. The van der Waals surface area contributed by atoms with Gasteiger partial charge in [0.15, 0.2) is 0 Å². The second-order valence-electron chi connectivity index (χ2n) is 8.29. The Bertz CT molecular complexity index is 851. The molecule has 2 aromatic carbocycles. The van der Waals surface area contributed by atoms with E-state index in [0.717, 1.165) is 41.8 Å². The molecule has 0 aliphatic heterocycles. The monoisotopic (exact) mass is 378 g/mol. The van der Waals surface area contributed by atoms with Gasteiger partial charge in [0.05, 0.1) is 5.92 Å². The summed E-state index contributed by atoms with van der Waals surface area (Å²) in [7, 11) is 0. The number of nitrogens with one attached hydrogen (secondary N) is 2. The van der Waals surface area contributed by atoms with Crippen LogP contribution in [0, 0.1) is 18.8 Å². The van der Waals surface area contributed by atoms with Crippen LogP contribution in [0.5, 0.6) is 0 Å². The Morgan fingerprint density at radius 2 is 1.57 bits per heavy atom. The quantitative estimate of drug-likeness (QED) is 0.688. The highest BCUT2D eigenvalue weighted by Crippen LogP contribution is 2.32. The third kappa shape index (κ3) is 5.00. The molecule has 28 heavy (non-hydrogen) atoms. The second kappa shape index (κ2) is 8.59. The average molecular weight is 379 g/mol. The van der Waals surface area contributed by atoms with E-state index >= 15 is 0 Å². The van der Waals surface area contributed by atoms with Crippen molar-refractivity contribution in [2.75, 3.05) is 10.6 Å². The van der Waals surface area contributed by atoms with Crippen molar-refractivity contribution in [1.82, 2.24) is 0 Å². The minimum absolute atomic E-state index is 0.0506. The normalized spacial score (nSPS) is 14.6. The van der Waals surface area contributed by atoms with Crippen molar-refractivity contribution in [2.45, 2.75) is 52.9 Å². The summed E-state index contributed by atoms with van der Waals surface area (Å²) in [5.74, 6) is 0.530. The smallest absolute Gasteiger partial charge is 0.231 e. The van der Waals surface area contributed by atoms with Gasteiger partial charge in [-0.1, -0.05) is 44.2 Å². The van der Waals surface area contributed by atoms with Crippen molar-refractivity contribution in [3.8, 4) is 0 Å². The zero-order chi connectivity index (χ0) is 20.3. The predicted octanol–water partition coefficient (Wildman–Crippen LogP) is 5.28. The van der Waals surface area contributed by atoms with E-state index in [2.05, 4.69) is 36.6 Å². The molecule has 3 rings (SSSR count). The maximum atomic E-state index is 12.8. The number of carbonyl (C=O) groups excluding carboxylic acids is 2. The van der Waals surface area contributed by atoms with Gasteiger partial charge >= 0.3 is 0 Å². The zero-order valence-corrected chi connectivity index (χ0v) is 17.2. The van der Waals surface area contributed by atoms with Crippen molar-refractivity contribution in [3.05, 3.63) is 59.2 Å². The first-order valence-electron chi connectivity index (χ1n) is 10.2. The molecule has 1 aliphatic rings. The van der Waals surface area contributed by atoms with Crippen LogP contribution in [0.3, 0.4) is 0 Å². The van der Waals surface area contributed by atoms with Crippen LogP contribution >= 0.6 is 0 Å². The standard InChI is InChI=1S/C24H30N2O2/c1-15(2)14-18-8-10-19(11-9-18)16(3)23(27)25-21-6-5-7-22(17(21)4)26-24(28)20-12-13-20/h5-11,15-16,20H,12-14H2,1-4H3,(H,25,27)(H,26,28). The molecule has 0 aromatic heterocycles. The molecule has 1 fully saturated rings. The Hall–Kier alpha value is -2.62. The molecule has 0 radical (unpaired) electrons. The number of benzene rings is 2. The fourth-order valence-corrected chi connectivity index (χ4v) is 3.29. The molecule has 0 spiro atoms. The predicted molar refractivity (Wildman–Crippen MR) is 115 cm³/mol. The van der Waals surface area contributed by atoms with E-state index in [1.165, 1.54) is 5.56 Å². The van der Waals surface area contributed by atoms with Crippen molar-refractivity contribution in [1.29, 1.82) is 0 Å². The fraction of sp³-hybridized carbons (Fsp3) is 0.417. The topological polar surface area (TPSA) is 58.2 Å². The van der Waals surface area contributed by atoms with Crippen LogP contribution in [0.4, 0.5) is 11.4 Å². The molecule has 0 bridgehead atoms. The van der Waals surface area contributed by atoms with E-state index in [9.17, 15) is 9.59 Å². The molecule has 4 heteroatoms. The lowest BCUT2D eigenvalue weighted by atomic mass is 9.96. The zero-order valence-electron chi connectivity index (χ0n) is 17.2. The summed E-state index contributed by atoms with van der Waals surface area (Å²) in [5, 5.41) is 6.00. The number of hydrogen-bond donors (Lipinski definition) is 2. The van der Waals surface area contributed by atoms with E-state index in [1.54, 1.807) is 0 Å². The largest absolute Gasteiger partial charge is 0.326 e. The molecule has 0 saturated heterocycles. The van der Waals surface area contributed by atoms with Crippen LogP contribution in [0.2, 0.25) is 0 Å². The van der Waals surface area contributed by atoms with E-state index in [1.807, 2.05) is 44.2 Å². The third-order valence-electron chi connectivity index (χ3n) is 5.31. The Morgan fingerprint density at radius 1 is 0.964 bits per heavy atom. The molecule has 148 valence electrons. The van der Waals surface area contributed by atoms with Crippen LogP contribution in [-0.2, 0) is 16.0 Å². The summed E-state index contributed by atoms with van der Waals surface area (Å²) in [5.41, 5.74) is 4.67. The summed E-state index contributed by atoms with van der Waals surface area (Å²) in [6, 6.07) is 13.9. The summed E-state index contributed by atoms with van der Waals surface area (Å²) >= 11 is 0. The van der Waals surface area contributed by atoms with Gasteiger partial charge < -0.3 is 10.6 Å². The van der Waals surface area contributed by atoms with E-state index in [0.29, 0.717) is 5.92 Å². The van der Waals surface area contributed by atoms with Gasteiger partial charge in [-0.05, 0) is 67.9 Å². The molecule has 2 aromatic rings. The maximum Gasteiger partial charge on any atom is 0.231 e. The molecule has 2 amide bonds. The first kappa shape index (κ1) is 20.1. The van der Waals surface area contributed by atoms with Crippen molar-refractivity contribution >= 4 is 23.2 Å². The van der Waals surface area contributed by atoms with E-state index < -0.39 is 0 Å². The Labute approximate surface area is 167 Å². The van der Waals surface area contributed by atoms with Crippen LogP contribution < -0.4 is 10.6 Å². The minimum atomic E-state index is -0.253. The highest BCUT2D eigenvalue weighted by atomic mass is 16.2. The van der Waals surface area contributed by atoms with Gasteiger partial charge in [-0.2, -0.15) is 0 Å². The van der Waals surface area contributed by atoms with Gasteiger partial charge in [-0.15, -0.1) is 0 Å². The van der Waals surface area contributed by atoms with E-state index in [4.69, 9.17) is 0 Å². The van der Waals surface area contributed by atoms with Crippen molar-refractivity contribution < 1.29 is 9.59 Å². The van der Waals surface area contributed by atoms with Gasteiger partial charge in [-0.3, -0.25) is 9.59 Å². The third-order valence-corrected chi connectivity index (χ3v) is 5.31. The number of carbonyl (C=O) groups is 2. The van der Waals surface area contributed by atoms with Crippen LogP contribution in [0.25, 0.3) is 0 Å². The fourth-order valence-electron chi connectivity index (χ4n) is 3.29.